The van der Waals surface area contributed by atoms with Gasteiger partial charge in [-0.25, -0.2) is 0 Å². The molecule has 3 amide bonds. The Bertz CT molecular complexity index is 909. The molecule has 0 aliphatic carbocycles. The van der Waals surface area contributed by atoms with E-state index in [0.29, 0.717) is 18.8 Å². The number of carbonyl (C=O) groups is 3. The normalized spacial score (nSPS) is 13.0. The van der Waals surface area contributed by atoms with Gasteiger partial charge in [-0.05, 0) is 48.9 Å². The lowest BCUT2D eigenvalue weighted by atomic mass is 9.99. The summed E-state index contributed by atoms with van der Waals surface area (Å²) in [5.41, 5.74) is 3.62. The van der Waals surface area contributed by atoms with Crippen molar-refractivity contribution in [1.29, 1.82) is 0 Å². The number of hydrogen-bond acceptors (Lipinski definition) is 3. The van der Waals surface area contributed by atoms with Gasteiger partial charge < -0.3 is 15.5 Å². The molecule has 0 aromatic heterocycles. The van der Waals surface area contributed by atoms with Crippen LogP contribution in [0.15, 0.2) is 48.5 Å². The quantitative estimate of drug-likeness (QED) is 0.570. The van der Waals surface area contributed by atoms with Crippen molar-refractivity contribution in [3.8, 4) is 0 Å². The number of carbonyl (C=O) groups excluding carboxylic acids is 3. The van der Waals surface area contributed by atoms with Crippen molar-refractivity contribution in [2.75, 3.05) is 23.3 Å². The summed E-state index contributed by atoms with van der Waals surface area (Å²) in [5, 5.41) is 5.31. The Hall–Kier alpha value is -3.15. The summed E-state index contributed by atoms with van der Waals surface area (Å²) >= 11 is 0. The van der Waals surface area contributed by atoms with Crippen LogP contribution in [0.4, 0.5) is 11.4 Å². The number of benzene rings is 2. The lowest BCUT2D eigenvalue weighted by Gasteiger charge is -2.31. The van der Waals surface area contributed by atoms with Crippen LogP contribution in [0.3, 0.4) is 0 Å². The first-order chi connectivity index (χ1) is 14.5. The van der Waals surface area contributed by atoms with Gasteiger partial charge in [0.15, 0.2) is 0 Å². The Morgan fingerprint density at radius 2 is 1.80 bits per heavy atom. The van der Waals surface area contributed by atoms with Gasteiger partial charge in [0.1, 0.15) is 0 Å². The van der Waals surface area contributed by atoms with Crippen molar-refractivity contribution >= 4 is 29.1 Å². The molecule has 1 aliphatic rings. The molecule has 30 heavy (non-hydrogen) atoms. The van der Waals surface area contributed by atoms with E-state index in [1.54, 1.807) is 17.0 Å². The Kier molecular flexibility index (Phi) is 7.22. The molecule has 158 valence electrons. The van der Waals surface area contributed by atoms with Crippen molar-refractivity contribution in [2.45, 2.75) is 39.5 Å². The first-order valence-electron chi connectivity index (χ1n) is 10.5. The van der Waals surface area contributed by atoms with Crippen LogP contribution >= 0.6 is 0 Å². The van der Waals surface area contributed by atoms with Gasteiger partial charge in [0, 0.05) is 30.4 Å². The van der Waals surface area contributed by atoms with Crippen LogP contribution < -0.4 is 15.5 Å². The minimum Gasteiger partial charge on any atom is -0.348 e. The molecule has 0 saturated carbocycles. The van der Waals surface area contributed by atoms with E-state index in [1.165, 1.54) is 5.56 Å². The molecule has 0 fully saturated rings. The molecule has 0 saturated heterocycles. The predicted octanol–water partition coefficient (Wildman–Crippen LogP) is 3.31. The highest BCUT2D eigenvalue weighted by Crippen LogP contribution is 2.31. The van der Waals surface area contributed by atoms with Crippen molar-refractivity contribution in [1.82, 2.24) is 5.32 Å². The molecular formula is C24H29N3O3. The fourth-order valence-electron chi connectivity index (χ4n) is 3.60. The summed E-state index contributed by atoms with van der Waals surface area (Å²) in [4.78, 5) is 38.7. The van der Waals surface area contributed by atoms with Gasteiger partial charge in [0.2, 0.25) is 5.91 Å². The Morgan fingerprint density at radius 1 is 1.03 bits per heavy atom. The monoisotopic (exact) mass is 407 g/mol. The molecule has 2 N–H and O–H groups in total. The number of aryl methyl sites for hydroxylation is 2. The molecule has 6 nitrogen and oxygen atoms in total. The van der Waals surface area contributed by atoms with E-state index in [2.05, 4.69) is 10.6 Å². The Labute approximate surface area is 177 Å². The maximum atomic E-state index is 12.5. The fraction of sp³-hybridized carbons (Fsp3) is 0.375. The third kappa shape index (κ3) is 5.47. The zero-order valence-electron chi connectivity index (χ0n) is 17.6. The summed E-state index contributed by atoms with van der Waals surface area (Å²) in [7, 11) is 0. The third-order valence-electron chi connectivity index (χ3n) is 5.20. The topological polar surface area (TPSA) is 78.5 Å². The average molecular weight is 408 g/mol. The first-order valence-corrected chi connectivity index (χ1v) is 10.5. The van der Waals surface area contributed by atoms with E-state index in [9.17, 15) is 14.4 Å². The van der Waals surface area contributed by atoms with Crippen molar-refractivity contribution < 1.29 is 14.4 Å². The molecule has 2 aromatic carbocycles. The predicted molar refractivity (Wildman–Crippen MR) is 118 cm³/mol. The van der Waals surface area contributed by atoms with Crippen molar-refractivity contribution in [2.24, 2.45) is 5.92 Å². The minimum atomic E-state index is -0.702. The third-order valence-corrected chi connectivity index (χ3v) is 5.20. The van der Waals surface area contributed by atoms with Crippen molar-refractivity contribution in [3.63, 3.8) is 0 Å². The van der Waals surface area contributed by atoms with E-state index in [0.717, 1.165) is 36.9 Å². The zero-order chi connectivity index (χ0) is 21.5. The second-order valence-electron chi connectivity index (χ2n) is 7.89. The Morgan fingerprint density at radius 3 is 2.53 bits per heavy atom. The van der Waals surface area contributed by atoms with E-state index < -0.39 is 11.8 Å². The number of hydrogen-bond donors (Lipinski definition) is 2. The maximum absolute atomic E-state index is 12.5. The van der Waals surface area contributed by atoms with Gasteiger partial charge in [-0.1, -0.05) is 50.2 Å². The molecular weight excluding hydrogens is 378 g/mol. The van der Waals surface area contributed by atoms with Crippen LogP contribution in [0.1, 0.15) is 37.8 Å². The molecule has 1 heterocycles. The minimum absolute atomic E-state index is 0.0654. The van der Waals surface area contributed by atoms with Crippen LogP contribution in [-0.2, 0) is 27.2 Å². The summed E-state index contributed by atoms with van der Waals surface area (Å²) in [6, 6.07) is 15.5. The zero-order valence-corrected chi connectivity index (χ0v) is 17.6. The van der Waals surface area contributed by atoms with Gasteiger partial charge in [0.05, 0.1) is 0 Å². The Balaban J connectivity index is 1.55. The molecule has 0 radical (unpaired) electrons. The average Bonchev–Trinajstić information content (AvgIpc) is 2.76. The van der Waals surface area contributed by atoms with Gasteiger partial charge in [-0.2, -0.15) is 0 Å². The molecule has 0 spiro atoms. The first kappa shape index (κ1) is 21.6. The van der Waals surface area contributed by atoms with Gasteiger partial charge >= 0.3 is 11.8 Å². The number of amides is 3. The lowest BCUT2D eigenvalue weighted by molar-refractivity contribution is -0.136. The van der Waals surface area contributed by atoms with Crippen molar-refractivity contribution in [3.05, 3.63) is 59.7 Å². The highest BCUT2D eigenvalue weighted by atomic mass is 16.2. The van der Waals surface area contributed by atoms with Gasteiger partial charge in [-0.15, -0.1) is 0 Å². The number of nitrogens with one attached hydrogen (secondary N) is 2. The molecule has 1 aliphatic heterocycles. The molecule has 3 rings (SSSR count). The number of fused-ring (bicyclic) bond motifs is 1. The van der Waals surface area contributed by atoms with E-state index >= 15 is 0 Å². The highest BCUT2D eigenvalue weighted by Gasteiger charge is 2.25. The maximum Gasteiger partial charge on any atom is 0.313 e. The summed E-state index contributed by atoms with van der Waals surface area (Å²) in [5.74, 6) is -1.39. The molecule has 0 bridgehead atoms. The molecule has 0 atom stereocenters. The smallest absolute Gasteiger partial charge is 0.313 e. The second kappa shape index (κ2) is 10.1. The number of rotatable bonds is 6. The van der Waals surface area contributed by atoms with Gasteiger partial charge in [0.25, 0.3) is 0 Å². The van der Waals surface area contributed by atoms with Crippen LogP contribution in [0.5, 0.6) is 0 Å². The van der Waals surface area contributed by atoms with Gasteiger partial charge in [-0.3, -0.25) is 14.4 Å². The van der Waals surface area contributed by atoms with Crippen LogP contribution in [-0.4, -0.2) is 30.8 Å². The summed E-state index contributed by atoms with van der Waals surface area (Å²) in [6.07, 6.45) is 3.41. The number of nitrogens with zero attached hydrogens (tertiary/aromatic N) is 1. The molecule has 6 heteroatoms. The number of anilines is 2. The molecule has 0 unspecified atom stereocenters. The summed E-state index contributed by atoms with van der Waals surface area (Å²) < 4.78 is 0. The van der Waals surface area contributed by atoms with Crippen LogP contribution in [0, 0.1) is 5.92 Å². The molecule has 2 aromatic rings. The van der Waals surface area contributed by atoms with Crippen LogP contribution in [0.25, 0.3) is 0 Å². The summed E-state index contributed by atoms with van der Waals surface area (Å²) in [6.45, 7) is 4.86. The standard InChI is InChI=1S/C24H29N3O3/c1-17(2)24(30)27-15-7-11-19-12-13-20(16-21(19)27)26-23(29)22(28)25-14-6-10-18-8-4-3-5-9-18/h3-5,8-9,12-13,16-17H,6-7,10-11,14-15H2,1-2H3,(H,25,28)(H,26,29). The van der Waals surface area contributed by atoms with Crippen LogP contribution in [0.2, 0.25) is 0 Å². The van der Waals surface area contributed by atoms with E-state index in [4.69, 9.17) is 0 Å². The van der Waals surface area contributed by atoms with E-state index in [-0.39, 0.29) is 11.8 Å². The van der Waals surface area contributed by atoms with E-state index in [1.807, 2.05) is 50.2 Å². The highest BCUT2D eigenvalue weighted by molar-refractivity contribution is 6.39. The largest absolute Gasteiger partial charge is 0.348 e. The fourth-order valence-corrected chi connectivity index (χ4v) is 3.60. The second-order valence-corrected chi connectivity index (χ2v) is 7.89. The lowest BCUT2D eigenvalue weighted by Crippen LogP contribution is -2.38. The SMILES string of the molecule is CC(C)C(=O)N1CCCc2ccc(NC(=O)C(=O)NCCCc3ccccc3)cc21.